The molecule has 5 nitrogen and oxygen atoms in total. The van der Waals surface area contributed by atoms with E-state index >= 15 is 0 Å². The van der Waals surface area contributed by atoms with Gasteiger partial charge in [0.15, 0.2) is 6.61 Å². The Balaban J connectivity index is 1.58. The fourth-order valence-electron chi connectivity index (χ4n) is 2.71. The van der Waals surface area contributed by atoms with Crippen LogP contribution in [0.3, 0.4) is 0 Å². The monoisotopic (exact) mass is 342 g/mol. The fraction of sp³-hybridized carbons (Fsp3) is 0.263. The summed E-state index contributed by atoms with van der Waals surface area (Å²) in [5.74, 6) is -0.161. The van der Waals surface area contributed by atoms with E-state index < -0.39 is 0 Å². The van der Waals surface area contributed by atoms with Crippen LogP contribution in [-0.4, -0.2) is 25.0 Å². The maximum atomic E-state index is 12.8. The summed E-state index contributed by atoms with van der Waals surface area (Å²) in [5.41, 5.74) is 1.38. The van der Waals surface area contributed by atoms with Crippen LogP contribution in [0.4, 0.5) is 15.8 Å². The molecule has 2 amide bonds. The van der Waals surface area contributed by atoms with Crippen LogP contribution in [0.1, 0.15) is 19.3 Å². The van der Waals surface area contributed by atoms with Crippen molar-refractivity contribution in [3.05, 3.63) is 54.3 Å². The van der Waals surface area contributed by atoms with Crippen LogP contribution >= 0.6 is 0 Å². The molecule has 1 saturated heterocycles. The number of nitrogens with one attached hydrogen (secondary N) is 1. The number of halogens is 1. The van der Waals surface area contributed by atoms with Crippen molar-refractivity contribution >= 4 is 23.2 Å². The second kappa shape index (κ2) is 7.79. The van der Waals surface area contributed by atoms with E-state index in [4.69, 9.17) is 4.74 Å². The highest BCUT2D eigenvalue weighted by Crippen LogP contribution is 2.23. The van der Waals surface area contributed by atoms with E-state index in [1.165, 1.54) is 24.3 Å². The first-order valence-corrected chi connectivity index (χ1v) is 8.20. The van der Waals surface area contributed by atoms with E-state index in [0.717, 1.165) is 18.5 Å². The molecule has 2 aromatic rings. The summed E-state index contributed by atoms with van der Waals surface area (Å²) in [4.78, 5) is 25.8. The summed E-state index contributed by atoms with van der Waals surface area (Å²) in [6, 6.07) is 12.7. The highest BCUT2D eigenvalue weighted by atomic mass is 19.1. The minimum atomic E-state index is -0.360. The smallest absolute Gasteiger partial charge is 0.262 e. The Hall–Kier alpha value is -2.89. The molecule has 2 aromatic carbocycles. The third-order valence-corrected chi connectivity index (χ3v) is 3.95. The third-order valence-electron chi connectivity index (χ3n) is 3.95. The number of ether oxygens (including phenoxy) is 1. The third kappa shape index (κ3) is 4.56. The predicted octanol–water partition coefficient (Wildman–Crippen LogP) is 3.36. The number of benzene rings is 2. The van der Waals surface area contributed by atoms with Crippen LogP contribution in [0.15, 0.2) is 48.5 Å². The van der Waals surface area contributed by atoms with Gasteiger partial charge in [0.05, 0.1) is 0 Å². The molecule has 0 atom stereocenters. The van der Waals surface area contributed by atoms with Gasteiger partial charge in [-0.1, -0.05) is 6.07 Å². The maximum absolute atomic E-state index is 12.8. The first kappa shape index (κ1) is 17.0. The maximum Gasteiger partial charge on any atom is 0.262 e. The standard InChI is InChI=1S/C19H19FN2O3/c20-14-7-9-17(10-8-14)25-13-18(23)21-15-4-3-5-16(12-15)22-11-2-1-6-19(22)24/h3-5,7-10,12H,1-2,6,11,13H2,(H,21,23). The van der Waals surface area contributed by atoms with Gasteiger partial charge in [0, 0.05) is 24.3 Å². The first-order valence-electron chi connectivity index (χ1n) is 8.20. The number of rotatable bonds is 5. The summed E-state index contributed by atoms with van der Waals surface area (Å²) in [5, 5.41) is 2.74. The van der Waals surface area contributed by atoms with E-state index in [2.05, 4.69) is 5.32 Å². The van der Waals surface area contributed by atoms with Crippen LogP contribution in [0.25, 0.3) is 0 Å². The zero-order valence-corrected chi connectivity index (χ0v) is 13.7. The Labute approximate surface area is 145 Å². The van der Waals surface area contributed by atoms with Crippen molar-refractivity contribution in [3.8, 4) is 5.75 Å². The van der Waals surface area contributed by atoms with E-state index in [1.54, 1.807) is 23.1 Å². The normalized spacial score (nSPS) is 14.3. The lowest BCUT2D eigenvalue weighted by atomic mass is 10.1. The SMILES string of the molecule is O=C(COc1ccc(F)cc1)Nc1cccc(N2CCCCC2=O)c1. The predicted molar refractivity (Wildman–Crippen MR) is 93.2 cm³/mol. The van der Waals surface area contributed by atoms with Crippen LogP contribution in [0.5, 0.6) is 5.75 Å². The Morgan fingerprint density at radius 1 is 1.16 bits per heavy atom. The molecule has 1 heterocycles. The number of piperidine rings is 1. The average Bonchev–Trinajstić information content (AvgIpc) is 2.62. The molecular formula is C19H19FN2O3. The van der Waals surface area contributed by atoms with Crippen LogP contribution in [0.2, 0.25) is 0 Å². The molecule has 130 valence electrons. The molecule has 0 radical (unpaired) electrons. The van der Waals surface area contributed by atoms with Crippen LogP contribution in [0, 0.1) is 5.82 Å². The molecule has 1 N–H and O–H groups in total. The van der Waals surface area contributed by atoms with Gasteiger partial charge in [0.25, 0.3) is 5.91 Å². The highest BCUT2D eigenvalue weighted by Gasteiger charge is 2.19. The fourth-order valence-corrected chi connectivity index (χ4v) is 2.71. The molecule has 1 fully saturated rings. The quantitative estimate of drug-likeness (QED) is 0.906. The van der Waals surface area contributed by atoms with Crippen molar-refractivity contribution in [3.63, 3.8) is 0 Å². The summed E-state index contributed by atoms with van der Waals surface area (Å²) in [6.07, 6.45) is 2.46. The van der Waals surface area contributed by atoms with E-state index in [1.807, 2.05) is 6.07 Å². The highest BCUT2D eigenvalue weighted by molar-refractivity contribution is 5.96. The number of carbonyl (C=O) groups excluding carboxylic acids is 2. The van der Waals surface area contributed by atoms with Gasteiger partial charge in [-0.3, -0.25) is 9.59 Å². The van der Waals surface area contributed by atoms with E-state index in [-0.39, 0.29) is 24.2 Å². The minimum Gasteiger partial charge on any atom is -0.484 e. The number of anilines is 2. The molecule has 6 heteroatoms. The summed E-state index contributed by atoms with van der Waals surface area (Å²) < 4.78 is 18.1. The van der Waals surface area contributed by atoms with Crippen LogP contribution < -0.4 is 15.0 Å². The number of nitrogens with zero attached hydrogens (tertiary/aromatic N) is 1. The van der Waals surface area contributed by atoms with E-state index in [0.29, 0.717) is 24.4 Å². The van der Waals surface area contributed by atoms with Gasteiger partial charge in [-0.15, -0.1) is 0 Å². The van der Waals surface area contributed by atoms with Crippen molar-refractivity contribution in [2.75, 3.05) is 23.4 Å². The Morgan fingerprint density at radius 3 is 2.72 bits per heavy atom. The van der Waals surface area contributed by atoms with Gasteiger partial charge in [-0.05, 0) is 55.3 Å². The molecule has 0 spiro atoms. The molecule has 25 heavy (non-hydrogen) atoms. The second-order valence-corrected chi connectivity index (χ2v) is 5.84. The van der Waals surface area contributed by atoms with Gasteiger partial charge in [-0.25, -0.2) is 4.39 Å². The summed E-state index contributed by atoms with van der Waals surface area (Å²) >= 11 is 0. The van der Waals surface area contributed by atoms with Crippen molar-refractivity contribution in [2.45, 2.75) is 19.3 Å². The molecule has 0 aromatic heterocycles. The van der Waals surface area contributed by atoms with Gasteiger partial charge < -0.3 is 15.0 Å². The van der Waals surface area contributed by atoms with Gasteiger partial charge >= 0.3 is 0 Å². The molecule has 0 aliphatic carbocycles. The lowest BCUT2D eigenvalue weighted by Gasteiger charge is -2.27. The van der Waals surface area contributed by atoms with Crippen molar-refractivity contribution in [1.82, 2.24) is 0 Å². The van der Waals surface area contributed by atoms with Gasteiger partial charge in [-0.2, -0.15) is 0 Å². The lowest BCUT2D eigenvalue weighted by Crippen LogP contribution is -2.35. The lowest BCUT2D eigenvalue weighted by molar-refractivity contribution is -0.119. The number of amides is 2. The minimum absolute atomic E-state index is 0.106. The molecule has 1 aliphatic rings. The second-order valence-electron chi connectivity index (χ2n) is 5.84. The average molecular weight is 342 g/mol. The molecular weight excluding hydrogens is 323 g/mol. The van der Waals surface area contributed by atoms with Crippen molar-refractivity contribution < 1.29 is 18.7 Å². The van der Waals surface area contributed by atoms with Crippen molar-refractivity contribution in [2.24, 2.45) is 0 Å². The zero-order chi connectivity index (χ0) is 17.6. The summed E-state index contributed by atoms with van der Waals surface area (Å²) in [7, 11) is 0. The Kier molecular flexibility index (Phi) is 5.28. The largest absolute Gasteiger partial charge is 0.484 e. The summed E-state index contributed by atoms with van der Waals surface area (Å²) in [6.45, 7) is 0.516. The van der Waals surface area contributed by atoms with Gasteiger partial charge in [0.2, 0.25) is 5.91 Å². The number of hydrogen-bond donors (Lipinski definition) is 1. The molecule has 1 aliphatic heterocycles. The zero-order valence-electron chi connectivity index (χ0n) is 13.7. The Morgan fingerprint density at radius 2 is 1.96 bits per heavy atom. The van der Waals surface area contributed by atoms with Gasteiger partial charge in [0.1, 0.15) is 11.6 Å². The molecule has 3 rings (SSSR count). The number of carbonyl (C=O) groups is 2. The van der Waals surface area contributed by atoms with E-state index in [9.17, 15) is 14.0 Å². The molecule has 0 saturated carbocycles. The molecule has 0 unspecified atom stereocenters. The van der Waals surface area contributed by atoms with Crippen LogP contribution in [-0.2, 0) is 9.59 Å². The molecule has 0 bridgehead atoms. The first-order chi connectivity index (χ1) is 12.1. The Bertz CT molecular complexity index is 762. The topological polar surface area (TPSA) is 58.6 Å². The number of hydrogen-bond acceptors (Lipinski definition) is 3. The van der Waals surface area contributed by atoms with Crippen molar-refractivity contribution in [1.29, 1.82) is 0 Å².